The first-order valence-corrected chi connectivity index (χ1v) is 6.72. The third-order valence-electron chi connectivity index (χ3n) is 3.61. The van der Waals surface area contributed by atoms with Gasteiger partial charge in [0, 0.05) is 11.2 Å². The fraction of sp³-hybridized carbons (Fsp3) is 0.533. The first-order chi connectivity index (χ1) is 9.03. The van der Waals surface area contributed by atoms with E-state index in [-0.39, 0.29) is 11.4 Å². The van der Waals surface area contributed by atoms with Crippen molar-refractivity contribution < 1.29 is 9.53 Å². The molecule has 0 heterocycles. The molecule has 0 fully saturated rings. The Kier molecular flexibility index (Phi) is 5.83. The van der Waals surface area contributed by atoms with Crippen LogP contribution < -0.4 is 15.4 Å². The maximum atomic E-state index is 11.8. The lowest BCUT2D eigenvalue weighted by atomic mass is 9.96. The van der Waals surface area contributed by atoms with Crippen molar-refractivity contribution >= 4 is 11.6 Å². The monoisotopic (exact) mass is 264 g/mol. The predicted octanol–water partition coefficient (Wildman–Crippen LogP) is 2.80. The zero-order chi connectivity index (χ0) is 14.3. The summed E-state index contributed by atoms with van der Waals surface area (Å²) in [7, 11) is 1.62. The first kappa shape index (κ1) is 15.5. The quantitative estimate of drug-likeness (QED) is 0.796. The highest BCUT2D eigenvalue weighted by molar-refractivity contribution is 5.92. The Morgan fingerprint density at radius 2 is 1.79 bits per heavy atom. The van der Waals surface area contributed by atoms with Crippen LogP contribution in [0.1, 0.15) is 33.6 Å². The largest absolute Gasteiger partial charge is 0.497 e. The molecule has 0 bridgehead atoms. The number of carbonyl (C=O) groups is 1. The van der Waals surface area contributed by atoms with Crippen molar-refractivity contribution in [2.24, 2.45) is 0 Å². The second-order valence-electron chi connectivity index (χ2n) is 4.90. The van der Waals surface area contributed by atoms with Crippen molar-refractivity contribution in [2.75, 3.05) is 19.0 Å². The Morgan fingerprint density at radius 3 is 2.26 bits per heavy atom. The van der Waals surface area contributed by atoms with Gasteiger partial charge in [-0.05, 0) is 44.0 Å². The molecule has 2 N–H and O–H groups in total. The number of benzene rings is 1. The number of carbonyl (C=O) groups excluding carboxylic acids is 1. The molecule has 1 aromatic rings. The van der Waals surface area contributed by atoms with E-state index < -0.39 is 0 Å². The molecule has 0 aliphatic rings. The van der Waals surface area contributed by atoms with Crippen molar-refractivity contribution in [2.45, 2.75) is 39.2 Å². The minimum Gasteiger partial charge on any atom is -0.497 e. The van der Waals surface area contributed by atoms with Crippen LogP contribution in [0.2, 0.25) is 0 Å². The van der Waals surface area contributed by atoms with E-state index in [1.54, 1.807) is 7.11 Å². The summed E-state index contributed by atoms with van der Waals surface area (Å²) in [5.74, 6) is 0.749. The predicted molar refractivity (Wildman–Crippen MR) is 78.6 cm³/mol. The summed E-state index contributed by atoms with van der Waals surface area (Å²) in [6.07, 6.45) is 2.00. The third-order valence-corrected chi connectivity index (χ3v) is 3.61. The van der Waals surface area contributed by atoms with Crippen molar-refractivity contribution in [3.8, 4) is 5.75 Å². The minimum absolute atomic E-state index is 0.0250. The molecule has 0 unspecified atom stereocenters. The van der Waals surface area contributed by atoms with Crippen LogP contribution in [0, 0.1) is 0 Å². The molecule has 1 amide bonds. The fourth-order valence-corrected chi connectivity index (χ4v) is 1.67. The smallest absolute Gasteiger partial charge is 0.238 e. The zero-order valence-electron chi connectivity index (χ0n) is 12.2. The van der Waals surface area contributed by atoms with E-state index in [0.29, 0.717) is 6.54 Å². The summed E-state index contributed by atoms with van der Waals surface area (Å²) in [5, 5.41) is 6.16. The van der Waals surface area contributed by atoms with E-state index in [4.69, 9.17) is 4.74 Å². The molecule has 0 aliphatic carbocycles. The summed E-state index contributed by atoms with van der Waals surface area (Å²) in [6, 6.07) is 7.31. The van der Waals surface area contributed by atoms with Gasteiger partial charge >= 0.3 is 0 Å². The van der Waals surface area contributed by atoms with Crippen molar-refractivity contribution in [1.82, 2.24) is 5.32 Å². The highest BCUT2D eigenvalue weighted by atomic mass is 16.5. The highest BCUT2D eigenvalue weighted by Crippen LogP contribution is 2.15. The first-order valence-electron chi connectivity index (χ1n) is 6.72. The van der Waals surface area contributed by atoms with Crippen LogP contribution in [0.25, 0.3) is 0 Å². The number of anilines is 1. The summed E-state index contributed by atoms with van der Waals surface area (Å²) >= 11 is 0. The molecular weight excluding hydrogens is 240 g/mol. The van der Waals surface area contributed by atoms with Crippen LogP contribution in [0.4, 0.5) is 5.69 Å². The lowest BCUT2D eigenvalue weighted by molar-refractivity contribution is -0.115. The number of nitrogens with one attached hydrogen (secondary N) is 2. The Hall–Kier alpha value is -1.55. The minimum atomic E-state index is -0.0294. The van der Waals surface area contributed by atoms with E-state index in [0.717, 1.165) is 24.3 Å². The van der Waals surface area contributed by atoms with Crippen LogP contribution in [-0.2, 0) is 4.79 Å². The fourth-order valence-electron chi connectivity index (χ4n) is 1.67. The van der Waals surface area contributed by atoms with Crippen LogP contribution >= 0.6 is 0 Å². The van der Waals surface area contributed by atoms with E-state index in [9.17, 15) is 4.79 Å². The standard InChI is InChI=1S/C15H24N2O2/c1-5-15(3,6-2)16-11-14(18)17-12-7-9-13(19-4)10-8-12/h7-10,16H,5-6,11H2,1-4H3,(H,17,18). The van der Waals surface area contributed by atoms with E-state index in [2.05, 4.69) is 31.4 Å². The van der Waals surface area contributed by atoms with Gasteiger partial charge in [0.05, 0.1) is 13.7 Å². The topological polar surface area (TPSA) is 50.4 Å². The molecule has 106 valence electrons. The SMILES string of the molecule is CCC(C)(CC)NCC(=O)Nc1ccc(OC)cc1. The summed E-state index contributed by atoms with van der Waals surface area (Å²) in [4.78, 5) is 11.8. The number of methoxy groups -OCH3 is 1. The molecule has 1 rings (SSSR count). The molecule has 0 aliphatic heterocycles. The molecule has 0 atom stereocenters. The van der Waals surface area contributed by atoms with Crippen LogP contribution in [0.3, 0.4) is 0 Å². The van der Waals surface area contributed by atoms with Crippen LogP contribution in [-0.4, -0.2) is 25.1 Å². The van der Waals surface area contributed by atoms with Crippen molar-refractivity contribution in [1.29, 1.82) is 0 Å². The zero-order valence-corrected chi connectivity index (χ0v) is 12.2. The molecule has 0 aromatic heterocycles. The lowest BCUT2D eigenvalue weighted by Crippen LogP contribution is -2.45. The van der Waals surface area contributed by atoms with Gasteiger partial charge < -0.3 is 15.4 Å². The lowest BCUT2D eigenvalue weighted by Gasteiger charge is -2.28. The van der Waals surface area contributed by atoms with Gasteiger partial charge in [0.1, 0.15) is 5.75 Å². The Balaban J connectivity index is 2.46. The summed E-state index contributed by atoms with van der Waals surface area (Å²) in [6.45, 7) is 6.70. The average Bonchev–Trinajstić information content (AvgIpc) is 2.45. The van der Waals surface area contributed by atoms with Gasteiger partial charge in [-0.25, -0.2) is 0 Å². The van der Waals surface area contributed by atoms with Gasteiger partial charge in [-0.1, -0.05) is 13.8 Å². The number of ether oxygens (including phenoxy) is 1. The molecule has 4 nitrogen and oxygen atoms in total. The number of hydrogen-bond acceptors (Lipinski definition) is 3. The van der Waals surface area contributed by atoms with E-state index >= 15 is 0 Å². The average molecular weight is 264 g/mol. The van der Waals surface area contributed by atoms with Gasteiger partial charge in [0.15, 0.2) is 0 Å². The summed E-state index contributed by atoms with van der Waals surface area (Å²) in [5.41, 5.74) is 0.805. The van der Waals surface area contributed by atoms with Crippen LogP contribution in [0.5, 0.6) is 5.75 Å². The normalized spacial score (nSPS) is 11.2. The van der Waals surface area contributed by atoms with Crippen molar-refractivity contribution in [3.05, 3.63) is 24.3 Å². The number of rotatable bonds is 7. The molecule has 19 heavy (non-hydrogen) atoms. The molecule has 0 spiro atoms. The molecule has 0 saturated heterocycles. The van der Waals surface area contributed by atoms with Crippen molar-refractivity contribution in [3.63, 3.8) is 0 Å². The Morgan fingerprint density at radius 1 is 1.21 bits per heavy atom. The number of hydrogen-bond donors (Lipinski definition) is 2. The number of amides is 1. The van der Waals surface area contributed by atoms with Gasteiger partial charge in [-0.15, -0.1) is 0 Å². The maximum Gasteiger partial charge on any atom is 0.238 e. The maximum absolute atomic E-state index is 11.8. The Bertz CT molecular complexity index is 397. The third kappa shape index (κ3) is 4.91. The Labute approximate surface area is 115 Å². The highest BCUT2D eigenvalue weighted by Gasteiger charge is 2.19. The molecule has 4 heteroatoms. The van der Waals surface area contributed by atoms with Gasteiger partial charge in [0.2, 0.25) is 5.91 Å². The molecule has 0 radical (unpaired) electrons. The molecule has 1 aromatic carbocycles. The van der Waals surface area contributed by atoms with E-state index in [1.165, 1.54) is 0 Å². The van der Waals surface area contributed by atoms with Gasteiger partial charge in [-0.3, -0.25) is 4.79 Å². The van der Waals surface area contributed by atoms with Gasteiger partial charge in [0.25, 0.3) is 0 Å². The summed E-state index contributed by atoms with van der Waals surface area (Å²) < 4.78 is 5.07. The second kappa shape index (κ2) is 7.14. The van der Waals surface area contributed by atoms with Gasteiger partial charge in [-0.2, -0.15) is 0 Å². The van der Waals surface area contributed by atoms with E-state index in [1.807, 2.05) is 24.3 Å². The molecular formula is C15H24N2O2. The van der Waals surface area contributed by atoms with Crippen LogP contribution in [0.15, 0.2) is 24.3 Å². The second-order valence-corrected chi connectivity index (χ2v) is 4.90. The molecule has 0 saturated carbocycles.